The molecule has 0 spiro atoms. The fraction of sp³-hybridized carbons (Fsp3) is 0.500. The van der Waals surface area contributed by atoms with E-state index in [0.29, 0.717) is 38.6 Å². The first-order valence-corrected chi connectivity index (χ1v) is 18.0. The van der Waals surface area contributed by atoms with Gasteiger partial charge in [-0.1, -0.05) is 67.4 Å². The van der Waals surface area contributed by atoms with Crippen molar-refractivity contribution in [3.8, 4) is 11.3 Å². The van der Waals surface area contributed by atoms with Gasteiger partial charge in [0.1, 0.15) is 28.8 Å². The highest BCUT2D eigenvalue weighted by atomic mass is 35.5. The molecule has 2 aromatic carbocycles. The number of ether oxygens (including phenoxy) is 1. The van der Waals surface area contributed by atoms with Crippen LogP contribution >= 0.6 is 23.2 Å². The molecule has 0 bridgehead atoms. The topological polar surface area (TPSA) is 138 Å². The number of Topliss-reactive ketones (excluding diaryl/α,β-unsaturated/α-hetero) is 1. The number of esters is 1. The lowest BCUT2D eigenvalue weighted by molar-refractivity contribution is -0.153. The van der Waals surface area contributed by atoms with E-state index in [-0.39, 0.29) is 42.5 Å². The van der Waals surface area contributed by atoms with Gasteiger partial charge in [-0.3, -0.25) is 29.2 Å². The van der Waals surface area contributed by atoms with Gasteiger partial charge in [-0.05, 0) is 87.1 Å². The number of carbonyl (C=O) groups is 4. The van der Waals surface area contributed by atoms with Gasteiger partial charge in [0.2, 0.25) is 5.91 Å². The lowest BCUT2D eigenvalue weighted by Gasteiger charge is -2.34. The Balaban J connectivity index is 1.27. The molecule has 10 nitrogen and oxygen atoms in total. The van der Waals surface area contributed by atoms with E-state index < -0.39 is 28.5 Å². The van der Waals surface area contributed by atoms with Gasteiger partial charge in [-0.25, -0.2) is 5.43 Å². The van der Waals surface area contributed by atoms with Crippen LogP contribution in [0.15, 0.2) is 54.7 Å². The normalized spacial score (nSPS) is 16.9. The number of fused-ring (bicyclic) bond motifs is 1. The largest absolute Gasteiger partial charge is 0.461 e. The van der Waals surface area contributed by atoms with Crippen molar-refractivity contribution in [3.05, 3.63) is 65.9 Å². The number of rotatable bonds is 15. The van der Waals surface area contributed by atoms with Crippen molar-refractivity contribution in [1.82, 2.24) is 20.7 Å². The molecule has 1 saturated heterocycles. The van der Waals surface area contributed by atoms with E-state index >= 15 is 0 Å². The van der Waals surface area contributed by atoms with Crippen LogP contribution in [0.25, 0.3) is 22.0 Å². The first-order valence-electron chi connectivity index (χ1n) is 17.2. The van der Waals surface area contributed by atoms with Crippen molar-refractivity contribution >= 4 is 57.5 Å². The van der Waals surface area contributed by atoms with Gasteiger partial charge in [-0.2, -0.15) is 0 Å². The van der Waals surface area contributed by atoms with Crippen LogP contribution in [-0.2, 0) is 30.3 Å². The van der Waals surface area contributed by atoms with Crippen LogP contribution in [0.5, 0.6) is 0 Å². The molecule has 2 amide bonds. The molecule has 0 aliphatic carbocycles. The Morgan fingerprint density at radius 3 is 2.54 bits per heavy atom. The molecule has 4 rings (SSSR count). The Kier molecular flexibility index (Phi) is 13.8. The average Bonchev–Trinajstić information content (AvgIpc) is 3.07. The molecule has 1 aliphatic rings. The second kappa shape index (κ2) is 17.6. The summed E-state index contributed by atoms with van der Waals surface area (Å²) >= 11 is 11.8. The number of aliphatic hydroxyl groups excluding tert-OH is 1. The maximum Gasteiger partial charge on any atom is 0.325 e. The first kappa shape index (κ1) is 39.2. The van der Waals surface area contributed by atoms with E-state index in [1.807, 2.05) is 68.6 Å². The van der Waals surface area contributed by atoms with Crippen LogP contribution in [-0.4, -0.2) is 68.2 Å². The van der Waals surface area contributed by atoms with Gasteiger partial charge in [0.05, 0.1) is 11.8 Å². The fourth-order valence-corrected chi connectivity index (χ4v) is 6.16. The molecule has 3 aromatic rings. The van der Waals surface area contributed by atoms with Gasteiger partial charge < -0.3 is 15.2 Å². The smallest absolute Gasteiger partial charge is 0.325 e. The number of aliphatic hydroxyl groups is 1. The Hall–Kier alpha value is -3.57. The standard InChI is InChI=1S/C38H48Cl2N4O6/c1-23(2)32(35(47)42-24(3)36(48)44-16-8-13-33(43-44)37(49)50-22-38(5,39)40)12-7-11-31(46)18-26-9-6-10-28(17-26)34-20-30-19-27(25(4)45)14-15-29(30)21-41-34/h6,9-10,14-15,17,19-21,23-25,32-33,43,45H,7-8,11-13,16,18,22H2,1-5H3,(H,42,47). The van der Waals surface area contributed by atoms with Crippen molar-refractivity contribution in [3.63, 3.8) is 0 Å². The number of benzene rings is 2. The first-order chi connectivity index (χ1) is 23.6. The van der Waals surface area contributed by atoms with Crippen molar-refractivity contribution < 1.29 is 29.0 Å². The predicted octanol–water partition coefficient (Wildman–Crippen LogP) is 6.25. The van der Waals surface area contributed by atoms with Crippen LogP contribution < -0.4 is 10.7 Å². The van der Waals surface area contributed by atoms with E-state index in [9.17, 15) is 24.3 Å². The lowest BCUT2D eigenvalue weighted by atomic mass is 9.88. The molecule has 12 heteroatoms. The number of carbonyl (C=O) groups excluding carboxylic acids is 4. The van der Waals surface area contributed by atoms with E-state index in [2.05, 4.69) is 15.7 Å². The lowest BCUT2D eigenvalue weighted by Crippen LogP contribution is -2.59. The van der Waals surface area contributed by atoms with E-state index in [4.69, 9.17) is 27.9 Å². The van der Waals surface area contributed by atoms with Crippen molar-refractivity contribution in [2.24, 2.45) is 11.8 Å². The highest BCUT2D eigenvalue weighted by Crippen LogP contribution is 2.26. The summed E-state index contributed by atoms with van der Waals surface area (Å²) in [6.07, 6.45) is 3.95. The average molecular weight is 728 g/mol. The van der Waals surface area contributed by atoms with Crippen molar-refractivity contribution in [2.45, 2.75) is 95.7 Å². The molecule has 270 valence electrons. The fourth-order valence-electron chi connectivity index (χ4n) is 6.05. The number of hydrogen-bond donors (Lipinski definition) is 3. The van der Waals surface area contributed by atoms with Gasteiger partial charge in [0, 0.05) is 42.5 Å². The van der Waals surface area contributed by atoms with Crippen LogP contribution in [0.4, 0.5) is 0 Å². The third-order valence-electron chi connectivity index (χ3n) is 8.90. The molecule has 1 fully saturated rings. The number of hydrogen-bond acceptors (Lipinski definition) is 8. The minimum atomic E-state index is -1.21. The summed E-state index contributed by atoms with van der Waals surface area (Å²) in [5, 5.41) is 16.1. The molecule has 0 radical (unpaired) electrons. The maximum atomic E-state index is 13.3. The zero-order valence-electron chi connectivity index (χ0n) is 29.4. The maximum absolute atomic E-state index is 13.3. The number of ketones is 1. The van der Waals surface area contributed by atoms with Crippen LogP contribution in [0.3, 0.4) is 0 Å². The molecule has 0 saturated carbocycles. The quantitative estimate of drug-likeness (QED) is 0.124. The third-order valence-corrected chi connectivity index (χ3v) is 9.12. The molecule has 4 unspecified atom stereocenters. The van der Waals surface area contributed by atoms with Crippen molar-refractivity contribution in [1.29, 1.82) is 0 Å². The molecular formula is C38H48Cl2N4O6. The number of nitrogens with one attached hydrogen (secondary N) is 2. The number of halogens is 2. The number of nitrogens with zero attached hydrogens (tertiary/aromatic N) is 2. The molecule has 2 heterocycles. The number of alkyl halides is 2. The molecule has 4 atom stereocenters. The zero-order chi connectivity index (χ0) is 36.6. The van der Waals surface area contributed by atoms with E-state index in [1.54, 1.807) is 13.8 Å². The number of hydrazine groups is 1. The van der Waals surface area contributed by atoms with Crippen molar-refractivity contribution in [2.75, 3.05) is 13.2 Å². The molecular weight excluding hydrogens is 679 g/mol. The van der Waals surface area contributed by atoms with E-state index in [1.165, 1.54) is 11.9 Å². The van der Waals surface area contributed by atoms with Gasteiger partial charge in [-0.15, -0.1) is 0 Å². The Labute approximate surface area is 304 Å². The summed E-state index contributed by atoms with van der Waals surface area (Å²) in [5.41, 5.74) is 6.32. The minimum absolute atomic E-state index is 0.00276. The SMILES string of the molecule is CC(NC(=O)C(CCCC(=O)Cc1cccc(-c2cc3cc(C(C)O)ccc3cn2)c1)C(C)C)C(=O)N1CCCC(C(=O)OCC(C)(Cl)Cl)N1. The molecule has 1 aliphatic heterocycles. The number of pyridine rings is 1. The summed E-state index contributed by atoms with van der Waals surface area (Å²) in [7, 11) is 0. The summed E-state index contributed by atoms with van der Waals surface area (Å²) < 4.78 is 3.97. The molecule has 3 N–H and O–H groups in total. The van der Waals surface area contributed by atoms with E-state index in [0.717, 1.165) is 33.2 Å². The summed E-state index contributed by atoms with van der Waals surface area (Å²) in [4.78, 5) is 56.6. The monoisotopic (exact) mass is 726 g/mol. The second-order valence-corrected chi connectivity index (χ2v) is 15.6. The van der Waals surface area contributed by atoms with Crippen LogP contribution in [0.2, 0.25) is 0 Å². The van der Waals surface area contributed by atoms with Gasteiger partial charge >= 0.3 is 5.97 Å². The Bertz CT molecular complexity index is 1670. The number of aromatic nitrogens is 1. The van der Waals surface area contributed by atoms with Crippen LogP contribution in [0, 0.1) is 11.8 Å². The van der Waals surface area contributed by atoms with Crippen LogP contribution in [0.1, 0.15) is 84.0 Å². The van der Waals surface area contributed by atoms with Gasteiger partial charge in [0.15, 0.2) is 0 Å². The molecule has 50 heavy (non-hydrogen) atoms. The van der Waals surface area contributed by atoms with Gasteiger partial charge in [0.25, 0.3) is 5.91 Å². The second-order valence-electron chi connectivity index (χ2n) is 13.7. The Morgan fingerprint density at radius 1 is 1.08 bits per heavy atom. The minimum Gasteiger partial charge on any atom is -0.461 e. The summed E-state index contributed by atoms with van der Waals surface area (Å²) in [6.45, 7) is 8.97. The summed E-state index contributed by atoms with van der Waals surface area (Å²) in [5.74, 6) is -1.47. The Morgan fingerprint density at radius 2 is 1.84 bits per heavy atom. The highest BCUT2D eigenvalue weighted by molar-refractivity contribution is 6.48. The highest BCUT2D eigenvalue weighted by Gasteiger charge is 2.33. The summed E-state index contributed by atoms with van der Waals surface area (Å²) in [6, 6.07) is 14.0. The number of amides is 2. The zero-order valence-corrected chi connectivity index (χ0v) is 30.9. The predicted molar refractivity (Wildman–Crippen MR) is 195 cm³/mol. The molecule has 1 aromatic heterocycles. The third kappa shape index (κ3) is 11.2.